The van der Waals surface area contributed by atoms with Crippen molar-refractivity contribution < 1.29 is 13.9 Å². The van der Waals surface area contributed by atoms with E-state index in [1.807, 2.05) is 24.8 Å². The minimum Gasteiger partial charge on any atom is -0.456 e. The zero-order valence-electron chi connectivity index (χ0n) is 13.8. The molecule has 1 aliphatic carbocycles. The van der Waals surface area contributed by atoms with Gasteiger partial charge in [-0.25, -0.2) is 0 Å². The number of furan rings is 1. The Morgan fingerprint density at radius 1 is 1.52 bits per heavy atom. The van der Waals surface area contributed by atoms with Gasteiger partial charge in [-0.2, -0.15) is 11.8 Å². The molecule has 1 saturated heterocycles. The molecule has 2 aliphatic rings. The molecule has 2 heterocycles. The van der Waals surface area contributed by atoms with Gasteiger partial charge in [0.05, 0.1) is 12.1 Å². The fraction of sp³-hybridized carbons (Fsp3) is 0.706. The van der Waals surface area contributed by atoms with E-state index in [1.165, 1.54) is 12.8 Å². The van der Waals surface area contributed by atoms with Crippen molar-refractivity contribution in [3.05, 3.63) is 23.2 Å². The molecule has 0 unspecified atom stereocenters. The molecule has 128 valence electrons. The second-order valence-corrected chi connectivity index (χ2v) is 7.57. The van der Waals surface area contributed by atoms with Crippen molar-refractivity contribution in [2.75, 3.05) is 12.4 Å². The minimum atomic E-state index is -0.188. The molecule has 1 amide bonds. The average molecular weight is 338 g/mol. The number of aryl methyl sites for hydroxylation is 1. The Bertz CT molecular complexity index is 560. The molecule has 1 aliphatic heterocycles. The number of amides is 1. The van der Waals surface area contributed by atoms with Crippen molar-refractivity contribution >= 4 is 17.7 Å². The number of thioether (sulfide) groups is 1. The van der Waals surface area contributed by atoms with Crippen LogP contribution in [0.25, 0.3) is 0 Å². The molecule has 3 N–H and O–H groups in total. The fourth-order valence-corrected chi connectivity index (χ4v) is 4.50. The Balaban J connectivity index is 1.55. The molecule has 1 aromatic rings. The fourth-order valence-electron chi connectivity index (χ4n) is 3.35. The highest BCUT2D eigenvalue weighted by atomic mass is 32.2. The summed E-state index contributed by atoms with van der Waals surface area (Å²) in [6.45, 7) is 4.85. The second kappa shape index (κ2) is 7.28. The molecule has 3 rings (SSSR count). The lowest BCUT2D eigenvalue weighted by atomic mass is 9.72. The molecule has 23 heavy (non-hydrogen) atoms. The van der Waals surface area contributed by atoms with Gasteiger partial charge >= 0.3 is 0 Å². The van der Waals surface area contributed by atoms with Crippen LogP contribution in [0.15, 0.2) is 10.5 Å². The van der Waals surface area contributed by atoms with E-state index in [-0.39, 0.29) is 24.1 Å². The van der Waals surface area contributed by atoms with E-state index in [0.717, 1.165) is 35.9 Å². The second-order valence-electron chi connectivity index (χ2n) is 6.46. The third-order valence-corrected chi connectivity index (χ3v) is 5.98. The molecule has 4 atom stereocenters. The highest BCUT2D eigenvalue weighted by molar-refractivity contribution is 7.98. The summed E-state index contributed by atoms with van der Waals surface area (Å²) in [7, 11) is 0. The highest BCUT2D eigenvalue weighted by Gasteiger charge is 2.52. The van der Waals surface area contributed by atoms with Crippen LogP contribution < -0.4 is 11.1 Å². The number of unbranched alkanes of at least 4 members (excludes halogenated alkanes) is 1. The minimum absolute atomic E-state index is 0.00780. The van der Waals surface area contributed by atoms with Crippen molar-refractivity contribution in [2.45, 2.75) is 57.1 Å². The topological polar surface area (TPSA) is 77.5 Å². The molecular weight excluding hydrogens is 312 g/mol. The van der Waals surface area contributed by atoms with Crippen LogP contribution in [0.2, 0.25) is 0 Å². The number of ether oxygens (including phenoxy) is 1. The number of nitrogens with two attached hydrogens (primary N) is 1. The average Bonchev–Trinajstić information content (AvgIpc) is 3.13. The summed E-state index contributed by atoms with van der Waals surface area (Å²) in [5.74, 6) is 3.44. The summed E-state index contributed by atoms with van der Waals surface area (Å²) in [4.78, 5) is 12.4. The molecule has 1 aromatic heterocycles. The summed E-state index contributed by atoms with van der Waals surface area (Å²) in [6.07, 6.45) is 3.50. The van der Waals surface area contributed by atoms with E-state index in [0.29, 0.717) is 11.7 Å². The van der Waals surface area contributed by atoms with Gasteiger partial charge < -0.3 is 20.2 Å². The molecule has 0 bridgehead atoms. The summed E-state index contributed by atoms with van der Waals surface area (Å²) >= 11 is 1.88. The zero-order valence-corrected chi connectivity index (χ0v) is 14.7. The Morgan fingerprint density at radius 3 is 3.13 bits per heavy atom. The van der Waals surface area contributed by atoms with E-state index in [4.69, 9.17) is 14.9 Å². The first-order valence-corrected chi connectivity index (χ1v) is 9.62. The lowest BCUT2D eigenvalue weighted by Gasteiger charge is -2.45. The van der Waals surface area contributed by atoms with E-state index < -0.39 is 0 Å². The predicted octanol–water partition coefficient (Wildman–Crippen LogP) is 2.47. The van der Waals surface area contributed by atoms with Gasteiger partial charge in [0.2, 0.25) is 0 Å². The third kappa shape index (κ3) is 3.44. The normalized spacial score (nSPS) is 29.2. The molecule has 0 aromatic carbocycles. The molecule has 6 heteroatoms. The summed E-state index contributed by atoms with van der Waals surface area (Å²) in [6, 6.07) is 1.76. The first-order valence-electron chi connectivity index (χ1n) is 8.47. The van der Waals surface area contributed by atoms with E-state index in [9.17, 15) is 4.79 Å². The number of hydrogen-bond acceptors (Lipinski definition) is 5. The third-order valence-electron chi connectivity index (χ3n) is 4.89. The van der Waals surface area contributed by atoms with Gasteiger partial charge in [-0.05, 0) is 31.6 Å². The number of nitrogens with one attached hydrogen (secondary N) is 1. The largest absolute Gasteiger partial charge is 0.456 e. The van der Waals surface area contributed by atoms with Crippen molar-refractivity contribution in [2.24, 2.45) is 11.7 Å². The number of fused-ring (bicyclic) bond motifs is 1. The molecular formula is C17H26N2O3S. The van der Waals surface area contributed by atoms with E-state index >= 15 is 0 Å². The van der Waals surface area contributed by atoms with Crippen molar-refractivity contribution in [1.29, 1.82) is 0 Å². The van der Waals surface area contributed by atoms with E-state index in [2.05, 4.69) is 12.2 Å². The lowest BCUT2D eigenvalue weighted by molar-refractivity contribution is -0.0164. The van der Waals surface area contributed by atoms with Gasteiger partial charge in [0, 0.05) is 29.9 Å². The number of carbonyl (C=O) groups is 1. The van der Waals surface area contributed by atoms with Crippen molar-refractivity contribution in [3.63, 3.8) is 0 Å². The van der Waals surface area contributed by atoms with Crippen LogP contribution in [0.5, 0.6) is 0 Å². The van der Waals surface area contributed by atoms with Gasteiger partial charge in [0.15, 0.2) is 5.76 Å². The van der Waals surface area contributed by atoms with Crippen LogP contribution in [0.3, 0.4) is 0 Å². The van der Waals surface area contributed by atoms with Crippen LogP contribution in [-0.4, -0.2) is 36.5 Å². The predicted molar refractivity (Wildman–Crippen MR) is 91.6 cm³/mol. The molecule has 1 saturated carbocycles. The van der Waals surface area contributed by atoms with Crippen molar-refractivity contribution in [1.82, 2.24) is 5.32 Å². The maximum atomic E-state index is 12.4. The Kier molecular flexibility index (Phi) is 5.34. The Hall–Kier alpha value is -0.980. The monoisotopic (exact) mass is 338 g/mol. The van der Waals surface area contributed by atoms with E-state index in [1.54, 1.807) is 0 Å². The van der Waals surface area contributed by atoms with Crippen molar-refractivity contribution in [3.8, 4) is 0 Å². The number of carbonyl (C=O) groups excluding carboxylic acids is 1. The first-order chi connectivity index (χ1) is 11.1. The van der Waals surface area contributed by atoms with Crippen LogP contribution >= 0.6 is 11.8 Å². The standard InChI is InChI=1S/C17H26N2O3S/c1-3-4-7-23-9-11-8-13(22-10(11)2)17(20)19-15-14(18)12-5-6-21-16(12)15/h8,12,14-16H,3-7,9,18H2,1-2H3,(H,19,20)/t12-,14+,15-,16-/m0/s1. The molecule has 0 radical (unpaired) electrons. The smallest absolute Gasteiger partial charge is 0.287 e. The quantitative estimate of drug-likeness (QED) is 0.747. The number of hydrogen-bond donors (Lipinski definition) is 2. The van der Waals surface area contributed by atoms with Gasteiger partial charge in [-0.3, -0.25) is 4.79 Å². The summed E-state index contributed by atoms with van der Waals surface area (Å²) in [5, 5.41) is 2.98. The molecule has 0 spiro atoms. The van der Waals surface area contributed by atoms with Crippen LogP contribution in [-0.2, 0) is 10.5 Å². The SMILES string of the molecule is CCCCSCc1cc(C(=O)N[C@H]2[C@H](N)[C@@H]3CCO[C@@H]32)oc1C. The van der Waals surface area contributed by atoms with Crippen LogP contribution in [0.4, 0.5) is 0 Å². The van der Waals surface area contributed by atoms with Gasteiger partial charge in [0.25, 0.3) is 5.91 Å². The maximum Gasteiger partial charge on any atom is 0.287 e. The Labute approximate surface area is 141 Å². The van der Waals surface area contributed by atoms with Gasteiger partial charge in [-0.15, -0.1) is 0 Å². The first kappa shape index (κ1) is 16.9. The zero-order chi connectivity index (χ0) is 16.4. The lowest BCUT2D eigenvalue weighted by Crippen LogP contribution is -2.68. The number of rotatable bonds is 7. The maximum absolute atomic E-state index is 12.4. The molecule has 2 fully saturated rings. The molecule has 5 nitrogen and oxygen atoms in total. The Morgan fingerprint density at radius 2 is 2.35 bits per heavy atom. The van der Waals surface area contributed by atoms with Gasteiger partial charge in [-0.1, -0.05) is 13.3 Å². The van der Waals surface area contributed by atoms with Gasteiger partial charge in [0.1, 0.15) is 5.76 Å². The van der Waals surface area contributed by atoms with Crippen LogP contribution in [0, 0.1) is 12.8 Å². The van der Waals surface area contributed by atoms with Crippen LogP contribution in [0.1, 0.15) is 48.1 Å². The summed E-state index contributed by atoms with van der Waals surface area (Å²) < 4.78 is 11.3. The highest BCUT2D eigenvalue weighted by Crippen LogP contribution is 2.37. The summed E-state index contributed by atoms with van der Waals surface area (Å²) in [5.41, 5.74) is 7.24.